The van der Waals surface area contributed by atoms with Gasteiger partial charge >= 0.3 is 140 Å². The molecule has 0 nitrogen and oxygen atoms in total. The minimum absolute atomic E-state index is 1.23. The second-order valence-electron chi connectivity index (χ2n) is 5.06. The van der Waals surface area contributed by atoms with Gasteiger partial charge in [0.05, 0.1) is 0 Å². The molecule has 0 saturated heterocycles. The van der Waals surface area contributed by atoms with Crippen molar-refractivity contribution in [3.8, 4) is 0 Å². The van der Waals surface area contributed by atoms with E-state index in [1.165, 1.54) is 16.2 Å². The van der Waals surface area contributed by atoms with Crippen LogP contribution < -0.4 is 10.6 Å². The minimum atomic E-state index is -1.65. The molecule has 0 heterocycles. The van der Waals surface area contributed by atoms with Crippen LogP contribution in [0.2, 0.25) is 0 Å². The van der Waals surface area contributed by atoms with E-state index >= 15 is 0 Å². The van der Waals surface area contributed by atoms with Crippen molar-refractivity contribution in [1.29, 1.82) is 0 Å². The number of hydrogen-bond donors (Lipinski definition) is 0. The molecule has 0 atom stereocenters. The van der Waals surface area contributed by atoms with E-state index in [9.17, 15) is 0 Å². The van der Waals surface area contributed by atoms with Crippen LogP contribution in [0.5, 0.6) is 0 Å². The van der Waals surface area contributed by atoms with Crippen LogP contribution in [0.3, 0.4) is 0 Å². The molecule has 0 aliphatic heterocycles. The van der Waals surface area contributed by atoms with E-state index in [0.29, 0.717) is 0 Å². The third kappa shape index (κ3) is 3.39. The Kier molecular flexibility index (Phi) is 4.90. The van der Waals surface area contributed by atoms with Crippen LogP contribution in [-0.2, 0) is 0 Å². The molecule has 0 amide bonds. The third-order valence-corrected chi connectivity index (χ3v) is 9.68. The van der Waals surface area contributed by atoms with E-state index in [1.54, 1.807) is 0 Å². The summed E-state index contributed by atoms with van der Waals surface area (Å²) in [5.74, 6) is 2.35. The Bertz CT molecular complexity index is 749. The molecule has 3 aromatic rings. The Morgan fingerprint density at radius 3 is 1.45 bits per heavy atom. The third-order valence-electron chi connectivity index (χ3n) is 3.56. The van der Waals surface area contributed by atoms with Crippen molar-refractivity contribution in [3.05, 3.63) is 102 Å². The number of hydrogen-bond acceptors (Lipinski definition) is 0. The topological polar surface area (TPSA) is 0 Å². The van der Waals surface area contributed by atoms with Crippen LogP contribution in [0.4, 0.5) is 0 Å². The summed E-state index contributed by atoms with van der Waals surface area (Å²) in [4.78, 5) is 0. The van der Waals surface area contributed by atoms with Crippen LogP contribution in [0.1, 0.15) is 5.56 Å². The van der Waals surface area contributed by atoms with Gasteiger partial charge in [-0.1, -0.05) is 0 Å². The van der Waals surface area contributed by atoms with Gasteiger partial charge in [-0.3, -0.25) is 0 Å². The zero-order valence-electron chi connectivity index (χ0n) is 12.2. The van der Waals surface area contributed by atoms with Gasteiger partial charge in [0.15, 0.2) is 0 Å². The van der Waals surface area contributed by atoms with Gasteiger partial charge in [-0.2, -0.15) is 0 Å². The molecule has 0 aliphatic carbocycles. The van der Waals surface area contributed by atoms with Gasteiger partial charge in [-0.15, -0.1) is 0 Å². The van der Waals surface area contributed by atoms with E-state index in [2.05, 4.69) is 112 Å². The van der Waals surface area contributed by atoms with Crippen molar-refractivity contribution in [2.75, 3.05) is 0 Å². The predicted molar refractivity (Wildman–Crippen MR) is 100 cm³/mol. The summed E-state index contributed by atoms with van der Waals surface area (Å²) in [6, 6.07) is 31.9. The molecule has 0 aromatic heterocycles. The van der Waals surface area contributed by atoms with Crippen LogP contribution in [0.15, 0.2) is 96.8 Å². The second kappa shape index (κ2) is 7.07. The van der Waals surface area contributed by atoms with Crippen molar-refractivity contribution >= 4 is 37.3 Å². The van der Waals surface area contributed by atoms with E-state index in [4.69, 9.17) is 0 Å². The maximum atomic E-state index is 3.52. The summed E-state index contributed by atoms with van der Waals surface area (Å²) in [6.07, 6.45) is 2.23. The quantitative estimate of drug-likeness (QED) is 0.473. The molecule has 108 valence electrons. The van der Waals surface area contributed by atoms with Gasteiger partial charge in [-0.25, -0.2) is 0 Å². The average molecular weight is 367 g/mol. The molecular formula is C20H17PSe. The van der Waals surface area contributed by atoms with Crippen LogP contribution in [0.25, 0.3) is 6.08 Å². The Morgan fingerprint density at radius 1 is 0.591 bits per heavy atom. The first-order chi connectivity index (χ1) is 10.8. The summed E-state index contributed by atoms with van der Waals surface area (Å²) < 4.78 is 0. The Labute approximate surface area is 139 Å². The molecule has 0 fully saturated rings. The second-order valence-corrected chi connectivity index (χ2v) is 11.3. The van der Waals surface area contributed by atoms with Crippen molar-refractivity contribution in [3.63, 3.8) is 0 Å². The first-order valence-electron chi connectivity index (χ1n) is 7.24. The fourth-order valence-corrected chi connectivity index (χ4v) is 6.55. The monoisotopic (exact) mass is 368 g/mol. The fourth-order valence-electron chi connectivity index (χ4n) is 2.38. The number of benzene rings is 3. The van der Waals surface area contributed by atoms with Gasteiger partial charge in [0.25, 0.3) is 0 Å². The molecule has 0 N–H and O–H groups in total. The molecule has 22 heavy (non-hydrogen) atoms. The summed E-state index contributed by atoms with van der Waals surface area (Å²) in [5.41, 5.74) is -0.415. The average Bonchev–Trinajstić information content (AvgIpc) is 2.62. The molecule has 0 bridgehead atoms. The Morgan fingerprint density at radius 2 is 1.00 bits per heavy atom. The van der Waals surface area contributed by atoms with Crippen LogP contribution in [-0.4, -0.2) is 15.1 Å². The molecule has 0 saturated carbocycles. The Balaban J connectivity index is 2.09. The van der Waals surface area contributed by atoms with Crippen molar-refractivity contribution in [2.45, 2.75) is 0 Å². The van der Waals surface area contributed by atoms with E-state index in [0.717, 1.165) is 0 Å². The van der Waals surface area contributed by atoms with Crippen molar-refractivity contribution in [2.24, 2.45) is 0 Å². The van der Waals surface area contributed by atoms with E-state index < -0.39 is 5.51 Å². The predicted octanol–water partition coefficient (Wildman–Crippen LogP) is 4.41. The standard InChI is InChI=1S/C20H17PSe/c22-21(19-12-6-2-7-13-19,20-14-8-3-9-15-20)17-16-18-10-4-1-5-11-18/h1-17H/b17-16+. The summed E-state index contributed by atoms with van der Waals surface area (Å²) in [6.45, 7) is 0. The molecule has 3 rings (SSSR count). The number of rotatable bonds is 4. The first-order valence-corrected chi connectivity index (χ1v) is 11.3. The van der Waals surface area contributed by atoms with Gasteiger partial charge < -0.3 is 0 Å². The zero-order valence-corrected chi connectivity index (χ0v) is 14.8. The van der Waals surface area contributed by atoms with Crippen LogP contribution in [0, 0.1) is 0 Å². The van der Waals surface area contributed by atoms with E-state index in [-0.39, 0.29) is 0 Å². The van der Waals surface area contributed by atoms with Crippen molar-refractivity contribution < 1.29 is 0 Å². The molecule has 0 radical (unpaired) electrons. The SMILES string of the molecule is [Se]=P(/C=C/c1ccccc1)(c1ccccc1)c1ccccc1. The Hall–Kier alpha value is -1.65. The van der Waals surface area contributed by atoms with Gasteiger partial charge in [0.1, 0.15) is 0 Å². The summed E-state index contributed by atoms with van der Waals surface area (Å²) in [5, 5.41) is 2.71. The fraction of sp³-hybridized carbons (Fsp3) is 0. The van der Waals surface area contributed by atoms with Gasteiger partial charge in [0, 0.05) is 0 Å². The van der Waals surface area contributed by atoms with Crippen molar-refractivity contribution in [1.82, 2.24) is 0 Å². The normalized spacial score (nSPS) is 11.6. The van der Waals surface area contributed by atoms with Gasteiger partial charge in [0.2, 0.25) is 0 Å². The molecular weight excluding hydrogens is 350 g/mol. The molecule has 3 aromatic carbocycles. The molecule has 0 unspecified atom stereocenters. The molecule has 2 heteroatoms. The molecule has 0 aliphatic rings. The van der Waals surface area contributed by atoms with Gasteiger partial charge in [-0.05, 0) is 0 Å². The first kappa shape index (κ1) is 15.3. The van der Waals surface area contributed by atoms with Crippen LogP contribution >= 0.6 is 5.51 Å². The molecule has 0 spiro atoms. The summed E-state index contributed by atoms with van der Waals surface area (Å²) >= 11 is 3.52. The maximum absolute atomic E-state index is 3.52. The zero-order chi connectivity index (χ0) is 15.3. The van der Waals surface area contributed by atoms with E-state index in [1.807, 2.05) is 6.07 Å². The summed E-state index contributed by atoms with van der Waals surface area (Å²) in [7, 11) is 0.